The number of benzene rings is 2. The van der Waals surface area contributed by atoms with Gasteiger partial charge in [0.05, 0.1) is 17.8 Å². The number of hydrogen-bond acceptors (Lipinski definition) is 3. The molecule has 3 rings (SSSR count). The summed E-state index contributed by atoms with van der Waals surface area (Å²) in [5.41, 5.74) is 0.669. The van der Waals surface area contributed by atoms with Crippen LogP contribution >= 0.6 is 0 Å². The number of H-pyrrole nitrogens is 1. The van der Waals surface area contributed by atoms with Crippen molar-refractivity contribution in [3.05, 3.63) is 77.9 Å². The van der Waals surface area contributed by atoms with E-state index in [0.717, 1.165) is 17.7 Å². The summed E-state index contributed by atoms with van der Waals surface area (Å²) in [5.74, 6) is -2.39. The fourth-order valence-electron chi connectivity index (χ4n) is 2.42. The fourth-order valence-corrected chi connectivity index (χ4v) is 2.42. The van der Waals surface area contributed by atoms with Crippen molar-refractivity contribution < 1.29 is 18.4 Å². The molecule has 0 aliphatic heterocycles. The first-order valence-electron chi connectivity index (χ1n) is 8.33. The molecule has 0 bridgehead atoms. The Morgan fingerprint density at radius 1 is 1.04 bits per heavy atom. The van der Waals surface area contributed by atoms with E-state index in [1.54, 1.807) is 6.08 Å². The van der Waals surface area contributed by atoms with Crippen LogP contribution in [0.5, 0.6) is 0 Å². The van der Waals surface area contributed by atoms with E-state index in [-0.39, 0.29) is 23.6 Å². The summed E-state index contributed by atoms with van der Waals surface area (Å²) in [6.45, 7) is -0.284. The van der Waals surface area contributed by atoms with Gasteiger partial charge >= 0.3 is 0 Å². The lowest BCUT2D eigenvalue weighted by molar-refractivity contribution is -0.121. The molecule has 1 heterocycles. The number of aromatic amines is 1. The van der Waals surface area contributed by atoms with Crippen LogP contribution in [0.2, 0.25) is 0 Å². The van der Waals surface area contributed by atoms with Crippen LogP contribution in [0.1, 0.15) is 5.56 Å². The number of hydrogen-bond donors (Lipinski definition) is 3. The maximum Gasteiger partial charge on any atom is 0.244 e. The van der Waals surface area contributed by atoms with Gasteiger partial charge in [-0.1, -0.05) is 36.4 Å². The molecule has 0 aliphatic rings. The molecular formula is C20H16F2N4O2. The third kappa shape index (κ3) is 4.88. The first-order chi connectivity index (χ1) is 13.5. The van der Waals surface area contributed by atoms with E-state index in [9.17, 15) is 18.4 Å². The molecule has 3 N–H and O–H groups in total. The lowest BCUT2D eigenvalue weighted by atomic mass is 10.1. The second kappa shape index (κ2) is 8.72. The molecule has 0 atom stereocenters. The van der Waals surface area contributed by atoms with Crippen molar-refractivity contribution in [2.75, 3.05) is 11.9 Å². The Kier molecular flexibility index (Phi) is 5.91. The van der Waals surface area contributed by atoms with Gasteiger partial charge in [-0.25, -0.2) is 8.78 Å². The highest BCUT2D eigenvalue weighted by Gasteiger charge is 2.14. The van der Waals surface area contributed by atoms with Crippen molar-refractivity contribution in [3.63, 3.8) is 0 Å². The van der Waals surface area contributed by atoms with Crippen LogP contribution in [0.15, 0.2) is 60.7 Å². The number of anilines is 1. The largest absolute Gasteiger partial charge is 0.343 e. The maximum absolute atomic E-state index is 13.8. The normalized spacial score (nSPS) is 10.8. The molecule has 8 heteroatoms. The van der Waals surface area contributed by atoms with Crippen molar-refractivity contribution in [2.45, 2.75) is 0 Å². The highest BCUT2D eigenvalue weighted by atomic mass is 19.1. The van der Waals surface area contributed by atoms with Crippen LogP contribution in [-0.2, 0) is 9.59 Å². The van der Waals surface area contributed by atoms with Crippen molar-refractivity contribution in [3.8, 4) is 11.3 Å². The van der Waals surface area contributed by atoms with Gasteiger partial charge < -0.3 is 10.6 Å². The predicted molar refractivity (Wildman–Crippen MR) is 101 cm³/mol. The maximum atomic E-state index is 13.8. The molecule has 28 heavy (non-hydrogen) atoms. The second-order valence-electron chi connectivity index (χ2n) is 5.77. The summed E-state index contributed by atoms with van der Waals surface area (Å²) in [7, 11) is 0. The van der Waals surface area contributed by atoms with Crippen molar-refractivity contribution in [1.29, 1.82) is 0 Å². The van der Waals surface area contributed by atoms with E-state index < -0.39 is 23.4 Å². The second-order valence-corrected chi connectivity index (χ2v) is 5.77. The Morgan fingerprint density at radius 2 is 1.75 bits per heavy atom. The van der Waals surface area contributed by atoms with Gasteiger partial charge in [-0.2, -0.15) is 5.10 Å². The molecule has 142 valence electrons. The molecule has 3 aromatic rings. The minimum atomic E-state index is -0.751. The summed E-state index contributed by atoms with van der Waals surface area (Å²) in [5, 5.41) is 11.1. The molecule has 6 nitrogen and oxygen atoms in total. The summed E-state index contributed by atoms with van der Waals surface area (Å²) in [6, 6.07) is 14.0. The number of carbonyl (C=O) groups is 2. The summed E-state index contributed by atoms with van der Waals surface area (Å²) >= 11 is 0. The van der Waals surface area contributed by atoms with Gasteiger partial charge in [0.1, 0.15) is 11.6 Å². The fraction of sp³-hybridized carbons (Fsp3) is 0.0500. The SMILES string of the molecule is O=C(C=Cc1ccccc1)NCC(=O)Nc1cc(-c2c(F)cccc2F)[nH]n1. The Labute approximate surface area is 159 Å². The zero-order valence-electron chi connectivity index (χ0n) is 14.6. The molecule has 0 unspecified atom stereocenters. The Bertz CT molecular complexity index is 996. The van der Waals surface area contributed by atoms with Crippen molar-refractivity contribution in [2.24, 2.45) is 0 Å². The monoisotopic (exact) mass is 382 g/mol. The number of amides is 2. The molecule has 0 spiro atoms. The Balaban J connectivity index is 1.54. The number of aromatic nitrogens is 2. The van der Waals surface area contributed by atoms with E-state index in [1.165, 1.54) is 18.2 Å². The van der Waals surface area contributed by atoms with E-state index in [4.69, 9.17) is 0 Å². The van der Waals surface area contributed by atoms with Crippen molar-refractivity contribution >= 4 is 23.7 Å². The number of rotatable bonds is 6. The smallest absolute Gasteiger partial charge is 0.244 e. The van der Waals surface area contributed by atoms with Crippen LogP contribution in [-0.4, -0.2) is 28.6 Å². The minimum Gasteiger partial charge on any atom is -0.343 e. The lowest BCUT2D eigenvalue weighted by Crippen LogP contribution is -2.31. The number of nitrogens with one attached hydrogen (secondary N) is 3. The highest BCUT2D eigenvalue weighted by Crippen LogP contribution is 2.25. The summed E-state index contributed by atoms with van der Waals surface area (Å²) < 4.78 is 27.6. The van der Waals surface area contributed by atoms with Gasteiger partial charge in [0.15, 0.2) is 5.82 Å². The standard InChI is InChI=1S/C20H16F2N4O2/c21-14-7-4-8-15(22)20(14)16-11-17(26-25-16)24-19(28)12-23-18(27)10-9-13-5-2-1-3-6-13/h1-11H,12H2,(H,23,27)(H2,24,25,26,28). The average molecular weight is 382 g/mol. The van der Waals surface area contributed by atoms with Gasteiger partial charge in [-0.3, -0.25) is 14.7 Å². The quantitative estimate of drug-likeness (QED) is 0.573. The molecule has 0 saturated carbocycles. The zero-order chi connectivity index (χ0) is 19.9. The van der Waals surface area contributed by atoms with Crippen LogP contribution in [0.25, 0.3) is 17.3 Å². The minimum absolute atomic E-state index is 0.0803. The van der Waals surface area contributed by atoms with E-state index in [2.05, 4.69) is 20.8 Å². The predicted octanol–water partition coefficient (Wildman–Crippen LogP) is 3.12. The molecular weight excluding hydrogens is 366 g/mol. The molecule has 0 aliphatic carbocycles. The molecule has 0 fully saturated rings. The van der Waals surface area contributed by atoms with Crippen LogP contribution in [0, 0.1) is 11.6 Å². The average Bonchev–Trinajstić information content (AvgIpc) is 3.13. The number of nitrogens with zero attached hydrogens (tertiary/aromatic N) is 1. The molecule has 0 saturated heterocycles. The van der Waals surface area contributed by atoms with E-state index >= 15 is 0 Å². The van der Waals surface area contributed by atoms with Crippen LogP contribution in [0.4, 0.5) is 14.6 Å². The first kappa shape index (κ1) is 19.0. The molecule has 2 amide bonds. The Hall–Kier alpha value is -3.81. The van der Waals surface area contributed by atoms with Gasteiger partial charge in [0, 0.05) is 12.1 Å². The first-order valence-corrected chi connectivity index (χ1v) is 8.33. The zero-order valence-corrected chi connectivity index (χ0v) is 14.6. The highest BCUT2D eigenvalue weighted by molar-refractivity contribution is 5.97. The molecule has 2 aromatic carbocycles. The van der Waals surface area contributed by atoms with Crippen molar-refractivity contribution in [1.82, 2.24) is 15.5 Å². The van der Waals surface area contributed by atoms with E-state index in [1.807, 2.05) is 30.3 Å². The third-order valence-corrected chi connectivity index (χ3v) is 3.73. The Morgan fingerprint density at radius 3 is 2.46 bits per heavy atom. The molecule has 0 radical (unpaired) electrons. The van der Waals surface area contributed by atoms with E-state index in [0.29, 0.717) is 0 Å². The summed E-state index contributed by atoms with van der Waals surface area (Å²) in [4.78, 5) is 23.7. The van der Waals surface area contributed by atoms with Gasteiger partial charge in [0.25, 0.3) is 0 Å². The van der Waals surface area contributed by atoms with Gasteiger partial charge in [0.2, 0.25) is 11.8 Å². The topological polar surface area (TPSA) is 86.9 Å². The third-order valence-electron chi connectivity index (χ3n) is 3.73. The lowest BCUT2D eigenvalue weighted by Gasteiger charge is -2.02. The molecule has 1 aromatic heterocycles. The van der Waals surface area contributed by atoms with Gasteiger partial charge in [-0.15, -0.1) is 0 Å². The number of halogens is 2. The van der Waals surface area contributed by atoms with Crippen LogP contribution < -0.4 is 10.6 Å². The summed E-state index contributed by atoms with van der Waals surface area (Å²) in [6.07, 6.45) is 2.94. The van der Waals surface area contributed by atoms with Gasteiger partial charge in [-0.05, 0) is 23.8 Å². The number of carbonyl (C=O) groups excluding carboxylic acids is 2. The van der Waals surface area contributed by atoms with Crippen LogP contribution in [0.3, 0.4) is 0 Å².